The van der Waals surface area contributed by atoms with Crippen molar-refractivity contribution in [3.63, 3.8) is 0 Å². The second kappa shape index (κ2) is 8.00. The quantitative estimate of drug-likeness (QED) is 0.713. The van der Waals surface area contributed by atoms with E-state index in [9.17, 15) is 0 Å². The van der Waals surface area contributed by atoms with E-state index in [-0.39, 0.29) is 0 Å². The Morgan fingerprint density at radius 2 is 2.19 bits per heavy atom. The maximum Gasteiger partial charge on any atom is 0.0598 e. The largest absolute Gasteiger partial charge is 0.311 e. The molecular formula is C13H24N2S. The zero-order chi connectivity index (χ0) is 11.8. The maximum atomic E-state index is 5.32. The summed E-state index contributed by atoms with van der Waals surface area (Å²) in [6, 6.07) is 1.35. The van der Waals surface area contributed by atoms with Gasteiger partial charge in [0.1, 0.15) is 0 Å². The number of piperidine rings is 1. The van der Waals surface area contributed by atoms with Crippen LogP contribution in [0.25, 0.3) is 0 Å². The summed E-state index contributed by atoms with van der Waals surface area (Å²) in [5.41, 5.74) is 0. The minimum atomic E-state index is 0.650. The molecule has 1 fully saturated rings. The number of likely N-dealkylation sites (tertiary alicyclic amines) is 1. The summed E-state index contributed by atoms with van der Waals surface area (Å²) in [6.07, 6.45) is 11.2. The third-order valence-electron chi connectivity index (χ3n) is 3.18. The molecule has 0 amide bonds. The summed E-state index contributed by atoms with van der Waals surface area (Å²) in [4.78, 5) is 2.37. The lowest BCUT2D eigenvalue weighted by Gasteiger charge is -2.32. The van der Waals surface area contributed by atoms with Crippen LogP contribution < -0.4 is 5.32 Å². The van der Waals surface area contributed by atoms with Crippen molar-refractivity contribution >= 4 is 11.8 Å². The number of nitrogens with one attached hydrogen (secondary N) is 1. The van der Waals surface area contributed by atoms with Crippen molar-refractivity contribution in [3.8, 4) is 12.3 Å². The molecule has 92 valence electrons. The Bertz CT molecular complexity index is 216. The third kappa shape index (κ3) is 5.25. The predicted octanol–water partition coefficient (Wildman–Crippen LogP) is 1.82. The highest BCUT2D eigenvalue weighted by molar-refractivity contribution is 7.98. The first-order valence-corrected chi connectivity index (χ1v) is 7.56. The van der Waals surface area contributed by atoms with Gasteiger partial charge in [0.25, 0.3) is 0 Å². The molecule has 1 saturated heterocycles. The Kier molecular flexibility index (Phi) is 6.95. The van der Waals surface area contributed by atoms with E-state index in [0.29, 0.717) is 12.1 Å². The fraction of sp³-hybridized carbons (Fsp3) is 0.846. The summed E-state index contributed by atoms with van der Waals surface area (Å²) in [7, 11) is 0. The van der Waals surface area contributed by atoms with Crippen molar-refractivity contribution in [3.05, 3.63) is 0 Å². The number of hydrogen-bond acceptors (Lipinski definition) is 3. The normalized spacial score (nSPS) is 20.6. The molecular weight excluding hydrogens is 216 g/mol. The van der Waals surface area contributed by atoms with Crippen molar-refractivity contribution in [2.24, 2.45) is 0 Å². The fourth-order valence-corrected chi connectivity index (χ4v) is 2.76. The van der Waals surface area contributed by atoms with E-state index in [1.165, 1.54) is 25.0 Å². The van der Waals surface area contributed by atoms with Crippen LogP contribution in [0.1, 0.15) is 26.2 Å². The van der Waals surface area contributed by atoms with E-state index in [4.69, 9.17) is 6.42 Å². The van der Waals surface area contributed by atoms with E-state index < -0.39 is 0 Å². The van der Waals surface area contributed by atoms with Crippen molar-refractivity contribution < 1.29 is 0 Å². The van der Waals surface area contributed by atoms with Gasteiger partial charge in [-0.1, -0.05) is 5.92 Å². The summed E-state index contributed by atoms with van der Waals surface area (Å²) >= 11 is 1.93. The summed E-state index contributed by atoms with van der Waals surface area (Å²) in [6.45, 7) is 5.41. The molecule has 0 aromatic rings. The van der Waals surface area contributed by atoms with E-state index in [1.54, 1.807) is 0 Å². The first-order valence-electron chi connectivity index (χ1n) is 6.17. The van der Waals surface area contributed by atoms with E-state index in [2.05, 4.69) is 29.3 Å². The number of terminal acetylenes is 1. The fourth-order valence-electron chi connectivity index (χ4n) is 2.17. The second-order valence-electron chi connectivity index (χ2n) is 4.60. The Morgan fingerprint density at radius 1 is 1.50 bits per heavy atom. The van der Waals surface area contributed by atoms with Crippen LogP contribution in [0.4, 0.5) is 0 Å². The van der Waals surface area contributed by atoms with Crippen LogP contribution in [0.2, 0.25) is 0 Å². The first-order chi connectivity index (χ1) is 7.76. The van der Waals surface area contributed by atoms with Gasteiger partial charge in [0, 0.05) is 25.2 Å². The van der Waals surface area contributed by atoms with Gasteiger partial charge in [-0.15, -0.1) is 6.42 Å². The van der Waals surface area contributed by atoms with Crippen molar-refractivity contribution in [2.45, 2.75) is 38.3 Å². The lowest BCUT2D eigenvalue weighted by atomic mass is 10.0. The van der Waals surface area contributed by atoms with Crippen LogP contribution in [0.5, 0.6) is 0 Å². The highest BCUT2D eigenvalue weighted by Gasteiger charge is 2.19. The predicted molar refractivity (Wildman–Crippen MR) is 73.9 cm³/mol. The van der Waals surface area contributed by atoms with Crippen LogP contribution in [-0.2, 0) is 0 Å². The van der Waals surface area contributed by atoms with Crippen LogP contribution in [-0.4, -0.2) is 48.6 Å². The Hall–Kier alpha value is -0.170. The SMILES string of the molecule is C#CCN1CCC(NC(C)CCSC)CC1. The highest BCUT2D eigenvalue weighted by Crippen LogP contribution is 2.11. The molecule has 1 rings (SSSR count). The standard InChI is InChI=1S/C13H24N2S/c1-4-8-15-9-5-13(6-10-15)14-12(2)7-11-16-3/h1,12-14H,5-11H2,2-3H3. The van der Waals surface area contributed by atoms with E-state index in [1.807, 2.05) is 11.8 Å². The number of nitrogens with zero attached hydrogens (tertiary/aromatic N) is 1. The molecule has 0 spiro atoms. The molecule has 1 N–H and O–H groups in total. The second-order valence-corrected chi connectivity index (χ2v) is 5.59. The molecule has 2 nitrogen and oxygen atoms in total. The monoisotopic (exact) mass is 240 g/mol. The summed E-state index contributed by atoms with van der Waals surface area (Å²) in [5, 5.41) is 3.72. The lowest BCUT2D eigenvalue weighted by Crippen LogP contribution is -2.45. The molecule has 1 unspecified atom stereocenters. The molecule has 1 aliphatic rings. The van der Waals surface area contributed by atoms with Gasteiger partial charge in [-0.3, -0.25) is 4.90 Å². The summed E-state index contributed by atoms with van der Waals surface area (Å²) in [5.74, 6) is 3.98. The van der Waals surface area contributed by atoms with Gasteiger partial charge in [0.2, 0.25) is 0 Å². The minimum Gasteiger partial charge on any atom is -0.311 e. The van der Waals surface area contributed by atoms with Gasteiger partial charge in [-0.2, -0.15) is 11.8 Å². The number of thioether (sulfide) groups is 1. The Morgan fingerprint density at radius 3 is 2.75 bits per heavy atom. The molecule has 0 aromatic carbocycles. The van der Waals surface area contributed by atoms with Crippen molar-refractivity contribution in [1.29, 1.82) is 0 Å². The van der Waals surface area contributed by atoms with Crippen LogP contribution in [0.15, 0.2) is 0 Å². The van der Waals surface area contributed by atoms with Crippen LogP contribution in [0, 0.1) is 12.3 Å². The van der Waals surface area contributed by atoms with Gasteiger partial charge in [0.15, 0.2) is 0 Å². The average Bonchev–Trinajstić information content (AvgIpc) is 2.29. The maximum absolute atomic E-state index is 5.32. The molecule has 1 heterocycles. The minimum absolute atomic E-state index is 0.650. The zero-order valence-electron chi connectivity index (χ0n) is 10.5. The molecule has 0 bridgehead atoms. The highest BCUT2D eigenvalue weighted by atomic mass is 32.2. The van der Waals surface area contributed by atoms with Gasteiger partial charge in [-0.05, 0) is 38.2 Å². The smallest absolute Gasteiger partial charge is 0.0598 e. The van der Waals surface area contributed by atoms with Crippen LogP contribution >= 0.6 is 11.8 Å². The third-order valence-corrected chi connectivity index (χ3v) is 3.82. The lowest BCUT2D eigenvalue weighted by molar-refractivity contribution is 0.210. The number of rotatable bonds is 6. The Labute approximate surface area is 105 Å². The van der Waals surface area contributed by atoms with Gasteiger partial charge in [-0.25, -0.2) is 0 Å². The zero-order valence-corrected chi connectivity index (χ0v) is 11.4. The molecule has 0 aliphatic carbocycles. The van der Waals surface area contributed by atoms with Crippen molar-refractivity contribution in [1.82, 2.24) is 10.2 Å². The first kappa shape index (κ1) is 13.9. The van der Waals surface area contributed by atoms with E-state index in [0.717, 1.165) is 19.6 Å². The summed E-state index contributed by atoms with van der Waals surface area (Å²) < 4.78 is 0. The molecule has 1 atom stereocenters. The number of hydrogen-bond donors (Lipinski definition) is 1. The molecule has 0 radical (unpaired) electrons. The molecule has 16 heavy (non-hydrogen) atoms. The van der Waals surface area contributed by atoms with Gasteiger partial charge >= 0.3 is 0 Å². The van der Waals surface area contributed by atoms with E-state index >= 15 is 0 Å². The topological polar surface area (TPSA) is 15.3 Å². The van der Waals surface area contributed by atoms with Crippen LogP contribution in [0.3, 0.4) is 0 Å². The molecule has 0 aromatic heterocycles. The molecule has 1 aliphatic heterocycles. The van der Waals surface area contributed by atoms with Crippen molar-refractivity contribution in [2.75, 3.05) is 31.6 Å². The van der Waals surface area contributed by atoms with Gasteiger partial charge < -0.3 is 5.32 Å². The van der Waals surface area contributed by atoms with Gasteiger partial charge in [0.05, 0.1) is 6.54 Å². The average molecular weight is 240 g/mol. The molecule has 0 saturated carbocycles. The Balaban J connectivity index is 2.14. The molecule has 3 heteroatoms.